The molecule has 0 unspecified atom stereocenters. The van der Waals surface area contributed by atoms with Crippen LogP contribution in [0, 0.1) is 16.7 Å². The van der Waals surface area contributed by atoms with Crippen molar-refractivity contribution in [2.24, 2.45) is 5.41 Å². The second-order valence-electron chi connectivity index (χ2n) is 5.58. The molecule has 1 aromatic heterocycles. The van der Waals surface area contributed by atoms with E-state index in [9.17, 15) is 0 Å². The van der Waals surface area contributed by atoms with Crippen LogP contribution in [0.5, 0.6) is 0 Å². The molecular weight excluding hydrogens is 258 g/mol. The van der Waals surface area contributed by atoms with Crippen LogP contribution in [0.4, 0.5) is 0 Å². The Hall–Kier alpha value is -1.53. The van der Waals surface area contributed by atoms with Gasteiger partial charge in [-0.2, -0.15) is 5.26 Å². The van der Waals surface area contributed by atoms with Gasteiger partial charge in [-0.25, -0.2) is 4.98 Å². The molecule has 0 aliphatic carbocycles. The maximum Gasteiger partial charge on any atom is 0.124 e. The van der Waals surface area contributed by atoms with Crippen LogP contribution in [0.25, 0.3) is 11.0 Å². The molecule has 0 atom stereocenters. The molecule has 0 amide bonds. The standard InChI is InChI=1S/C15H18ClN3/c1-4-15(2,3)10-19-13-7-11(9-17)5-6-12(13)18-14(19)8-16/h5-7H,4,8,10H2,1-3H3. The van der Waals surface area contributed by atoms with Crippen molar-refractivity contribution in [3.63, 3.8) is 0 Å². The van der Waals surface area contributed by atoms with Gasteiger partial charge in [-0.1, -0.05) is 20.8 Å². The number of fused-ring (bicyclic) bond motifs is 1. The van der Waals surface area contributed by atoms with Gasteiger partial charge in [0, 0.05) is 6.54 Å². The van der Waals surface area contributed by atoms with Crippen LogP contribution < -0.4 is 0 Å². The van der Waals surface area contributed by atoms with Gasteiger partial charge in [-0.05, 0) is 30.0 Å². The molecule has 0 aliphatic rings. The van der Waals surface area contributed by atoms with Crippen molar-refractivity contribution in [2.45, 2.75) is 39.6 Å². The van der Waals surface area contributed by atoms with Crippen LogP contribution in [0.15, 0.2) is 18.2 Å². The number of hydrogen-bond acceptors (Lipinski definition) is 2. The van der Waals surface area contributed by atoms with Crippen LogP contribution in [0.3, 0.4) is 0 Å². The average molecular weight is 276 g/mol. The van der Waals surface area contributed by atoms with Crippen molar-refractivity contribution < 1.29 is 0 Å². The lowest BCUT2D eigenvalue weighted by Crippen LogP contribution is -2.20. The maximum atomic E-state index is 9.02. The van der Waals surface area contributed by atoms with E-state index in [1.165, 1.54) is 0 Å². The molecule has 0 fully saturated rings. The van der Waals surface area contributed by atoms with Gasteiger partial charge < -0.3 is 4.57 Å². The Morgan fingerprint density at radius 2 is 2.16 bits per heavy atom. The Labute approximate surface area is 118 Å². The minimum Gasteiger partial charge on any atom is -0.326 e. The van der Waals surface area contributed by atoms with E-state index in [-0.39, 0.29) is 5.41 Å². The van der Waals surface area contributed by atoms with Gasteiger partial charge in [-0.3, -0.25) is 0 Å². The Kier molecular flexibility index (Phi) is 3.82. The lowest BCUT2D eigenvalue weighted by molar-refractivity contribution is 0.295. The normalized spacial score (nSPS) is 11.7. The average Bonchev–Trinajstić information content (AvgIpc) is 2.75. The molecule has 100 valence electrons. The highest BCUT2D eigenvalue weighted by atomic mass is 35.5. The van der Waals surface area contributed by atoms with Crippen LogP contribution in [0.2, 0.25) is 0 Å². The Bertz CT molecular complexity index is 635. The molecule has 0 saturated heterocycles. The predicted octanol–water partition coefficient (Wildman–Crippen LogP) is 4.08. The lowest BCUT2D eigenvalue weighted by atomic mass is 9.90. The van der Waals surface area contributed by atoms with E-state index in [1.807, 2.05) is 12.1 Å². The summed E-state index contributed by atoms with van der Waals surface area (Å²) in [5.41, 5.74) is 2.73. The third-order valence-electron chi connectivity index (χ3n) is 3.62. The van der Waals surface area contributed by atoms with Gasteiger partial charge in [-0.15, -0.1) is 11.6 Å². The van der Waals surface area contributed by atoms with E-state index in [0.717, 1.165) is 29.8 Å². The fourth-order valence-electron chi connectivity index (χ4n) is 2.06. The SMILES string of the molecule is CCC(C)(C)Cn1c(CCl)nc2ccc(C#N)cc21. The molecule has 0 N–H and O–H groups in total. The van der Waals surface area contributed by atoms with Gasteiger partial charge >= 0.3 is 0 Å². The summed E-state index contributed by atoms with van der Waals surface area (Å²) < 4.78 is 2.15. The number of hydrogen-bond donors (Lipinski definition) is 0. The molecule has 1 aromatic carbocycles. The number of aromatic nitrogens is 2. The first kappa shape index (κ1) is 13.9. The largest absolute Gasteiger partial charge is 0.326 e. The summed E-state index contributed by atoms with van der Waals surface area (Å²) in [5.74, 6) is 1.25. The molecule has 0 spiro atoms. The van der Waals surface area contributed by atoms with Crippen molar-refractivity contribution in [2.75, 3.05) is 0 Å². The van der Waals surface area contributed by atoms with E-state index in [0.29, 0.717) is 11.4 Å². The van der Waals surface area contributed by atoms with E-state index in [4.69, 9.17) is 16.9 Å². The summed E-state index contributed by atoms with van der Waals surface area (Å²) in [7, 11) is 0. The Morgan fingerprint density at radius 1 is 1.42 bits per heavy atom. The highest BCUT2D eigenvalue weighted by Gasteiger charge is 2.20. The topological polar surface area (TPSA) is 41.6 Å². The third-order valence-corrected chi connectivity index (χ3v) is 3.86. The minimum atomic E-state index is 0.178. The first-order valence-corrected chi connectivity index (χ1v) is 6.99. The molecule has 1 heterocycles. The van der Waals surface area contributed by atoms with Crippen LogP contribution in [-0.2, 0) is 12.4 Å². The molecule has 0 aliphatic heterocycles. The molecule has 0 radical (unpaired) electrons. The summed E-state index contributed by atoms with van der Waals surface area (Å²) >= 11 is 6.00. The molecule has 3 nitrogen and oxygen atoms in total. The van der Waals surface area contributed by atoms with E-state index >= 15 is 0 Å². The molecule has 4 heteroatoms. The molecule has 0 bridgehead atoms. The fourth-order valence-corrected chi connectivity index (χ4v) is 2.26. The smallest absolute Gasteiger partial charge is 0.124 e. The summed E-state index contributed by atoms with van der Waals surface area (Å²) in [6.07, 6.45) is 1.08. The van der Waals surface area contributed by atoms with Gasteiger partial charge in [0.1, 0.15) is 5.82 Å². The van der Waals surface area contributed by atoms with Gasteiger partial charge in [0.05, 0.1) is 28.5 Å². The molecule has 0 saturated carbocycles. The number of imidazole rings is 1. The zero-order valence-corrected chi connectivity index (χ0v) is 12.3. The second-order valence-corrected chi connectivity index (χ2v) is 5.85. The highest BCUT2D eigenvalue weighted by molar-refractivity contribution is 6.16. The maximum absolute atomic E-state index is 9.02. The lowest BCUT2D eigenvalue weighted by Gasteiger charge is -2.24. The van der Waals surface area contributed by atoms with Crippen LogP contribution >= 0.6 is 11.6 Å². The van der Waals surface area contributed by atoms with Crippen LogP contribution in [-0.4, -0.2) is 9.55 Å². The summed E-state index contributed by atoms with van der Waals surface area (Å²) in [4.78, 5) is 4.55. The first-order chi connectivity index (χ1) is 9.00. The number of alkyl halides is 1. The quantitative estimate of drug-likeness (QED) is 0.789. The Morgan fingerprint density at radius 3 is 2.74 bits per heavy atom. The number of nitriles is 1. The van der Waals surface area contributed by atoms with E-state index < -0.39 is 0 Å². The zero-order chi connectivity index (χ0) is 14.0. The van der Waals surface area contributed by atoms with E-state index in [2.05, 4.69) is 36.4 Å². The molecule has 2 aromatic rings. The van der Waals surface area contributed by atoms with Gasteiger partial charge in [0.2, 0.25) is 0 Å². The molecule has 19 heavy (non-hydrogen) atoms. The molecular formula is C15H18ClN3. The highest BCUT2D eigenvalue weighted by Crippen LogP contribution is 2.27. The van der Waals surface area contributed by atoms with Crippen molar-refractivity contribution in [3.8, 4) is 6.07 Å². The second kappa shape index (κ2) is 5.22. The summed E-state index contributed by atoms with van der Waals surface area (Å²) in [6, 6.07) is 7.75. The van der Waals surface area contributed by atoms with Crippen LogP contribution in [0.1, 0.15) is 38.6 Å². The number of rotatable bonds is 4. The summed E-state index contributed by atoms with van der Waals surface area (Å²) in [6.45, 7) is 7.49. The van der Waals surface area contributed by atoms with Gasteiger partial charge in [0.15, 0.2) is 0 Å². The molecule has 2 rings (SSSR count). The summed E-state index contributed by atoms with van der Waals surface area (Å²) in [5, 5.41) is 9.02. The monoisotopic (exact) mass is 275 g/mol. The van der Waals surface area contributed by atoms with Gasteiger partial charge in [0.25, 0.3) is 0 Å². The predicted molar refractivity (Wildman–Crippen MR) is 78.1 cm³/mol. The van der Waals surface area contributed by atoms with Crippen molar-refractivity contribution >= 4 is 22.6 Å². The number of nitrogens with zero attached hydrogens (tertiary/aromatic N) is 3. The third kappa shape index (κ3) is 2.74. The number of benzene rings is 1. The first-order valence-electron chi connectivity index (χ1n) is 6.46. The fraction of sp³-hybridized carbons (Fsp3) is 0.467. The van der Waals surface area contributed by atoms with E-state index in [1.54, 1.807) is 6.07 Å². The Balaban J connectivity index is 2.59. The van der Waals surface area contributed by atoms with Crippen molar-refractivity contribution in [3.05, 3.63) is 29.6 Å². The zero-order valence-electron chi connectivity index (χ0n) is 11.6. The van der Waals surface area contributed by atoms with Crippen molar-refractivity contribution in [1.82, 2.24) is 9.55 Å². The number of halogens is 1. The minimum absolute atomic E-state index is 0.178. The van der Waals surface area contributed by atoms with Crippen molar-refractivity contribution in [1.29, 1.82) is 5.26 Å².